The summed E-state index contributed by atoms with van der Waals surface area (Å²) >= 11 is 0. The van der Waals surface area contributed by atoms with E-state index in [-0.39, 0.29) is 6.10 Å². The van der Waals surface area contributed by atoms with Gasteiger partial charge in [0.1, 0.15) is 0 Å². The number of aliphatic hydroxyl groups is 1. The largest absolute Gasteiger partial charge is 0.389 e. The molecule has 1 saturated heterocycles. The molecule has 3 unspecified atom stereocenters. The zero-order valence-corrected chi connectivity index (χ0v) is 9.98. The van der Waals surface area contributed by atoms with Crippen molar-refractivity contribution in [3.05, 3.63) is 0 Å². The van der Waals surface area contributed by atoms with E-state index in [2.05, 4.69) is 18.7 Å². The van der Waals surface area contributed by atoms with Gasteiger partial charge in [0.25, 0.3) is 0 Å². The Bertz CT molecular complexity index is 177. The SMILES string of the molecule is CCC1COC(C)CN1CC(O)COC. The standard InChI is InChI=1S/C11H23NO3/c1-4-10-7-15-9(2)5-12(10)6-11(13)8-14-3/h9-11,13H,4-8H2,1-3H3. The maximum absolute atomic E-state index is 9.69. The Morgan fingerprint density at radius 1 is 1.60 bits per heavy atom. The summed E-state index contributed by atoms with van der Waals surface area (Å²) in [5, 5.41) is 9.69. The van der Waals surface area contributed by atoms with Crippen LogP contribution in [0, 0.1) is 0 Å². The lowest BCUT2D eigenvalue weighted by molar-refractivity contribution is -0.0737. The molecule has 4 heteroatoms. The van der Waals surface area contributed by atoms with Gasteiger partial charge in [-0.3, -0.25) is 4.90 Å². The number of hydrogen-bond donors (Lipinski definition) is 1. The monoisotopic (exact) mass is 217 g/mol. The molecule has 0 amide bonds. The summed E-state index contributed by atoms with van der Waals surface area (Å²) in [5.41, 5.74) is 0. The summed E-state index contributed by atoms with van der Waals surface area (Å²) in [6.45, 7) is 6.99. The van der Waals surface area contributed by atoms with Gasteiger partial charge in [-0.25, -0.2) is 0 Å². The van der Waals surface area contributed by atoms with E-state index in [1.54, 1.807) is 7.11 Å². The number of hydrogen-bond acceptors (Lipinski definition) is 4. The van der Waals surface area contributed by atoms with E-state index in [4.69, 9.17) is 9.47 Å². The van der Waals surface area contributed by atoms with Gasteiger partial charge in [0.2, 0.25) is 0 Å². The quantitative estimate of drug-likeness (QED) is 0.728. The molecule has 3 atom stereocenters. The first-order valence-corrected chi connectivity index (χ1v) is 5.70. The van der Waals surface area contributed by atoms with Crippen LogP contribution in [0.2, 0.25) is 0 Å². The highest BCUT2D eigenvalue weighted by molar-refractivity contribution is 4.79. The average Bonchev–Trinajstić information content (AvgIpc) is 2.18. The molecule has 15 heavy (non-hydrogen) atoms. The Labute approximate surface area is 92.2 Å². The lowest BCUT2D eigenvalue weighted by Gasteiger charge is -2.39. The Kier molecular flexibility index (Phi) is 5.53. The van der Waals surface area contributed by atoms with Gasteiger partial charge in [0.05, 0.1) is 25.4 Å². The van der Waals surface area contributed by atoms with Crippen molar-refractivity contribution in [3.8, 4) is 0 Å². The lowest BCUT2D eigenvalue weighted by Crippen LogP contribution is -2.51. The summed E-state index contributed by atoms with van der Waals surface area (Å²) in [6, 6.07) is 0.438. The molecule has 1 rings (SSSR count). The van der Waals surface area contributed by atoms with Gasteiger partial charge in [-0.05, 0) is 13.3 Å². The molecule has 1 N–H and O–H groups in total. The molecule has 0 saturated carbocycles. The fourth-order valence-corrected chi connectivity index (χ4v) is 2.03. The molecule has 1 aliphatic rings. The minimum atomic E-state index is -0.394. The first kappa shape index (κ1) is 12.9. The maximum atomic E-state index is 9.69. The van der Waals surface area contributed by atoms with Gasteiger partial charge in [0, 0.05) is 26.2 Å². The molecule has 0 aliphatic carbocycles. The predicted octanol–water partition coefficient (Wildman–Crippen LogP) is 0.493. The third-order valence-electron chi connectivity index (χ3n) is 2.86. The van der Waals surface area contributed by atoms with Crippen LogP contribution in [0.4, 0.5) is 0 Å². The molecule has 0 spiro atoms. The van der Waals surface area contributed by atoms with Crippen molar-refractivity contribution in [2.45, 2.75) is 38.5 Å². The minimum Gasteiger partial charge on any atom is -0.389 e. The topological polar surface area (TPSA) is 41.9 Å². The molecule has 0 bridgehead atoms. The van der Waals surface area contributed by atoms with Crippen LogP contribution in [-0.4, -0.2) is 61.7 Å². The van der Waals surface area contributed by atoms with E-state index < -0.39 is 6.10 Å². The van der Waals surface area contributed by atoms with Crippen molar-refractivity contribution in [1.82, 2.24) is 4.90 Å². The summed E-state index contributed by atoms with van der Waals surface area (Å²) in [6.07, 6.45) is 0.934. The second-order valence-electron chi connectivity index (χ2n) is 4.27. The minimum absolute atomic E-state index is 0.266. The van der Waals surface area contributed by atoms with Crippen molar-refractivity contribution in [2.75, 3.05) is 33.4 Å². The van der Waals surface area contributed by atoms with Gasteiger partial charge in [-0.2, -0.15) is 0 Å². The third-order valence-corrected chi connectivity index (χ3v) is 2.86. The lowest BCUT2D eigenvalue weighted by atomic mass is 10.1. The number of aliphatic hydroxyl groups excluding tert-OH is 1. The van der Waals surface area contributed by atoms with Crippen LogP contribution in [0.3, 0.4) is 0 Å². The zero-order chi connectivity index (χ0) is 11.3. The van der Waals surface area contributed by atoms with E-state index in [1.807, 2.05) is 0 Å². The van der Waals surface area contributed by atoms with Crippen LogP contribution >= 0.6 is 0 Å². The number of rotatable bonds is 5. The van der Waals surface area contributed by atoms with Crippen LogP contribution in [0.25, 0.3) is 0 Å². The molecular weight excluding hydrogens is 194 g/mol. The highest BCUT2D eigenvalue weighted by atomic mass is 16.5. The molecule has 90 valence electrons. The maximum Gasteiger partial charge on any atom is 0.0900 e. The highest BCUT2D eigenvalue weighted by Gasteiger charge is 2.26. The second kappa shape index (κ2) is 6.43. The van der Waals surface area contributed by atoms with Crippen molar-refractivity contribution in [2.24, 2.45) is 0 Å². The highest BCUT2D eigenvalue weighted by Crippen LogP contribution is 2.14. The van der Waals surface area contributed by atoms with Crippen molar-refractivity contribution in [3.63, 3.8) is 0 Å². The van der Waals surface area contributed by atoms with Crippen molar-refractivity contribution in [1.29, 1.82) is 0 Å². The number of methoxy groups -OCH3 is 1. The molecule has 0 aromatic rings. The van der Waals surface area contributed by atoms with Crippen molar-refractivity contribution >= 4 is 0 Å². The number of morpholine rings is 1. The summed E-state index contributed by atoms with van der Waals surface area (Å²) < 4.78 is 10.5. The second-order valence-corrected chi connectivity index (χ2v) is 4.27. The first-order chi connectivity index (χ1) is 7.17. The van der Waals surface area contributed by atoms with Gasteiger partial charge < -0.3 is 14.6 Å². The summed E-state index contributed by atoms with van der Waals surface area (Å²) in [7, 11) is 1.61. The van der Waals surface area contributed by atoms with Crippen LogP contribution < -0.4 is 0 Å². The van der Waals surface area contributed by atoms with Gasteiger partial charge in [0.15, 0.2) is 0 Å². The van der Waals surface area contributed by atoms with Crippen molar-refractivity contribution < 1.29 is 14.6 Å². The van der Waals surface area contributed by atoms with Gasteiger partial charge >= 0.3 is 0 Å². The van der Waals surface area contributed by atoms with Crippen LogP contribution in [0.1, 0.15) is 20.3 Å². The van der Waals surface area contributed by atoms with E-state index in [1.165, 1.54) is 0 Å². The Balaban J connectivity index is 2.40. The number of β-amino-alcohol motifs (C(OH)–C–C–N with tert-alkyl or cyclic N) is 1. The molecular formula is C11H23NO3. The number of nitrogens with zero attached hydrogens (tertiary/aromatic N) is 1. The fourth-order valence-electron chi connectivity index (χ4n) is 2.03. The normalized spacial score (nSPS) is 30.4. The Morgan fingerprint density at radius 2 is 2.33 bits per heavy atom. The van der Waals surface area contributed by atoms with E-state index >= 15 is 0 Å². The van der Waals surface area contributed by atoms with E-state index in [9.17, 15) is 5.11 Å². The molecule has 0 aromatic carbocycles. The summed E-state index contributed by atoms with van der Waals surface area (Å²) in [5.74, 6) is 0. The van der Waals surface area contributed by atoms with Crippen LogP contribution in [0.15, 0.2) is 0 Å². The van der Waals surface area contributed by atoms with Crippen LogP contribution in [0.5, 0.6) is 0 Å². The molecule has 0 radical (unpaired) electrons. The Morgan fingerprint density at radius 3 is 2.93 bits per heavy atom. The van der Waals surface area contributed by atoms with Crippen LogP contribution in [-0.2, 0) is 9.47 Å². The smallest absolute Gasteiger partial charge is 0.0900 e. The average molecular weight is 217 g/mol. The summed E-state index contributed by atoms with van der Waals surface area (Å²) in [4.78, 5) is 2.30. The fraction of sp³-hybridized carbons (Fsp3) is 1.00. The van der Waals surface area contributed by atoms with E-state index in [0.717, 1.165) is 19.6 Å². The number of ether oxygens (including phenoxy) is 2. The first-order valence-electron chi connectivity index (χ1n) is 5.70. The zero-order valence-electron chi connectivity index (χ0n) is 9.98. The molecule has 4 nitrogen and oxygen atoms in total. The molecule has 1 heterocycles. The Hall–Kier alpha value is -0.160. The third kappa shape index (κ3) is 4.07. The molecule has 1 fully saturated rings. The van der Waals surface area contributed by atoms with Gasteiger partial charge in [-0.1, -0.05) is 6.92 Å². The van der Waals surface area contributed by atoms with Gasteiger partial charge in [-0.15, -0.1) is 0 Å². The predicted molar refractivity (Wildman–Crippen MR) is 58.9 cm³/mol. The van der Waals surface area contributed by atoms with E-state index in [0.29, 0.717) is 19.2 Å². The molecule has 0 aromatic heterocycles. The molecule has 1 aliphatic heterocycles.